The van der Waals surface area contributed by atoms with Crippen LogP contribution < -0.4 is 10.3 Å². The van der Waals surface area contributed by atoms with Gasteiger partial charge >= 0.3 is 0 Å². The molecular formula is C32H31N7O2. The third-order valence-corrected chi connectivity index (χ3v) is 7.27. The maximum absolute atomic E-state index is 13.7. The van der Waals surface area contributed by atoms with Crippen LogP contribution in [0.3, 0.4) is 0 Å². The lowest BCUT2D eigenvalue weighted by molar-refractivity contribution is 0.240. The van der Waals surface area contributed by atoms with E-state index < -0.39 is 0 Å². The summed E-state index contributed by atoms with van der Waals surface area (Å²) >= 11 is 0. The number of para-hydroxylation sites is 1. The number of tetrazole rings is 1. The molecule has 6 aromatic rings. The van der Waals surface area contributed by atoms with Crippen LogP contribution in [-0.4, -0.2) is 48.8 Å². The third kappa shape index (κ3) is 5.44. The van der Waals surface area contributed by atoms with Crippen LogP contribution in [0.1, 0.15) is 29.9 Å². The molecule has 0 spiro atoms. The van der Waals surface area contributed by atoms with Crippen molar-refractivity contribution in [1.29, 1.82) is 0 Å². The normalized spacial score (nSPS) is 12.3. The summed E-state index contributed by atoms with van der Waals surface area (Å²) < 4.78 is 7.83. The summed E-state index contributed by atoms with van der Waals surface area (Å²) in [7, 11) is 3.91. The number of ether oxygens (including phenoxy) is 1. The summed E-state index contributed by atoms with van der Waals surface area (Å²) in [6, 6.07) is 27.8. The highest BCUT2D eigenvalue weighted by molar-refractivity contribution is 5.84. The molecule has 6 rings (SSSR count). The Kier molecular flexibility index (Phi) is 7.03. The van der Waals surface area contributed by atoms with E-state index in [1.807, 2.05) is 106 Å². The van der Waals surface area contributed by atoms with E-state index in [0.717, 1.165) is 44.4 Å². The molecule has 41 heavy (non-hydrogen) atoms. The zero-order valence-corrected chi connectivity index (χ0v) is 23.5. The van der Waals surface area contributed by atoms with Gasteiger partial charge in [-0.05, 0) is 86.6 Å². The van der Waals surface area contributed by atoms with E-state index >= 15 is 0 Å². The Labute approximate surface area is 237 Å². The molecule has 0 saturated heterocycles. The fourth-order valence-electron chi connectivity index (χ4n) is 4.89. The molecule has 3 aromatic carbocycles. The number of aryl methyl sites for hydroxylation is 1. The van der Waals surface area contributed by atoms with Crippen molar-refractivity contribution in [2.45, 2.75) is 33.2 Å². The molecule has 1 atom stereocenters. The first-order valence-corrected chi connectivity index (χ1v) is 13.5. The second-order valence-electron chi connectivity index (χ2n) is 10.5. The number of hydrogen-bond donors (Lipinski definition) is 0. The Morgan fingerprint density at radius 3 is 2.63 bits per heavy atom. The number of benzene rings is 3. The van der Waals surface area contributed by atoms with Gasteiger partial charge in [0.05, 0.1) is 35.0 Å². The van der Waals surface area contributed by atoms with Crippen LogP contribution >= 0.6 is 0 Å². The summed E-state index contributed by atoms with van der Waals surface area (Å²) in [6.07, 6.45) is -0.157. The fourth-order valence-corrected chi connectivity index (χ4v) is 4.89. The highest BCUT2D eigenvalue weighted by atomic mass is 16.5. The highest BCUT2D eigenvalue weighted by Gasteiger charge is 2.19. The quantitative estimate of drug-likeness (QED) is 0.259. The number of nitrogens with zero attached hydrogens (tertiary/aromatic N) is 7. The largest absolute Gasteiger partial charge is 0.487 e. The van der Waals surface area contributed by atoms with Gasteiger partial charge in [-0.1, -0.05) is 48.0 Å². The van der Waals surface area contributed by atoms with Crippen molar-refractivity contribution in [1.82, 2.24) is 34.7 Å². The molecule has 3 heterocycles. The monoisotopic (exact) mass is 545 g/mol. The third-order valence-electron chi connectivity index (χ3n) is 7.27. The molecule has 0 radical (unpaired) electrons. The average Bonchev–Trinajstić information content (AvgIpc) is 3.43. The van der Waals surface area contributed by atoms with Crippen molar-refractivity contribution in [3.63, 3.8) is 0 Å². The van der Waals surface area contributed by atoms with Crippen LogP contribution in [0, 0.1) is 6.92 Å². The predicted molar refractivity (Wildman–Crippen MR) is 160 cm³/mol. The first-order chi connectivity index (χ1) is 19.9. The molecule has 9 heteroatoms. The molecule has 206 valence electrons. The summed E-state index contributed by atoms with van der Waals surface area (Å²) in [5.41, 5.74) is 5.00. The SMILES string of the molecule is Cc1ccc2c(c1)cc(-c1nnn(Cc3cccc(OCc4ccc5ccccc5n4)c3)n1)c(=O)n2C(C)N(C)C. The molecule has 0 bridgehead atoms. The number of fused-ring (bicyclic) bond motifs is 2. The minimum Gasteiger partial charge on any atom is -0.487 e. The molecule has 0 aliphatic heterocycles. The summed E-state index contributed by atoms with van der Waals surface area (Å²) in [5.74, 6) is 1.02. The first-order valence-electron chi connectivity index (χ1n) is 13.5. The molecule has 0 amide bonds. The summed E-state index contributed by atoms with van der Waals surface area (Å²) in [4.78, 5) is 21.9. The molecule has 1 unspecified atom stereocenters. The molecular weight excluding hydrogens is 514 g/mol. The van der Waals surface area contributed by atoms with Gasteiger partial charge < -0.3 is 4.74 Å². The Bertz CT molecular complexity index is 1930. The number of rotatable bonds is 8. The van der Waals surface area contributed by atoms with Gasteiger partial charge in [0.1, 0.15) is 12.4 Å². The van der Waals surface area contributed by atoms with Gasteiger partial charge in [-0.15, -0.1) is 10.2 Å². The Hall–Kier alpha value is -4.89. The lowest BCUT2D eigenvalue weighted by Gasteiger charge is -2.24. The molecule has 0 aliphatic rings. The van der Waals surface area contributed by atoms with Crippen molar-refractivity contribution < 1.29 is 4.74 Å². The van der Waals surface area contributed by atoms with Crippen molar-refractivity contribution >= 4 is 21.8 Å². The van der Waals surface area contributed by atoms with Gasteiger partial charge in [0.25, 0.3) is 5.56 Å². The van der Waals surface area contributed by atoms with Gasteiger partial charge in [0.15, 0.2) is 0 Å². The molecule has 0 saturated carbocycles. The van der Waals surface area contributed by atoms with E-state index in [0.29, 0.717) is 24.5 Å². The average molecular weight is 546 g/mol. The van der Waals surface area contributed by atoms with E-state index in [1.54, 1.807) is 4.57 Å². The molecule has 3 aromatic heterocycles. The summed E-state index contributed by atoms with van der Waals surface area (Å²) in [6.45, 7) is 4.78. The van der Waals surface area contributed by atoms with Crippen molar-refractivity contribution in [3.8, 4) is 17.1 Å². The van der Waals surface area contributed by atoms with Crippen molar-refractivity contribution in [3.05, 3.63) is 112 Å². The lowest BCUT2D eigenvalue weighted by Crippen LogP contribution is -2.33. The van der Waals surface area contributed by atoms with Gasteiger partial charge in [0.2, 0.25) is 5.82 Å². The standard InChI is InChI=1S/C32H31N7O2/c1-21-12-15-30-25(16-21)18-28(32(40)39(30)22(2)37(3)4)31-34-36-38(35-31)19-23-8-7-10-27(17-23)41-20-26-14-13-24-9-5-6-11-29(24)33-26/h5-18,22H,19-20H2,1-4H3. The molecule has 0 fully saturated rings. The van der Waals surface area contributed by atoms with Gasteiger partial charge in [-0.25, -0.2) is 4.98 Å². The van der Waals surface area contributed by atoms with Gasteiger partial charge in [-0.3, -0.25) is 14.3 Å². The second kappa shape index (κ2) is 10.9. The van der Waals surface area contributed by atoms with Crippen LogP contribution in [0.4, 0.5) is 0 Å². The number of hydrogen-bond acceptors (Lipinski definition) is 7. The zero-order valence-electron chi connectivity index (χ0n) is 23.5. The fraction of sp³-hybridized carbons (Fsp3) is 0.219. The van der Waals surface area contributed by atoms with Crippen LogP contribution in [0.15, 0.2) is 89.7 Å². The highest BCUT2D eigenvalue weighted by Crippen LogP contribution is 2.23. The Morgan fingerprint density at radius 2 is 1.78 bits per heavy atom. The zero-order chi connectivity index (χ0) is 28.5. The number of pyridine rings is 2. The van der Waals surface area contributed by atoms with Crippen LogP contribution in [-0.2, 0) is 13.2 Å². The van der Waals surface area contributed by atoms with Crippen LogP contribution in [0.25, 0.3) is 33.2 Å². The van der Waals surface area contributed by atoms with Gasteiger partial charge in [0, 0.05) is 5.39 Å². The van der Waals surface area contributed by atoms with Gasteiger partial charge in [-0.2, -0.15) is 4.80 Å². The van der Waals surface area contributed by atoms with Crippen LogP contribution in [0.2, 0.25) is 0 Å². The Morgan fingerprint density at radius 1 is 0.927 bits per heavy atom. The minimum atomic E-state index is -0.157. The molecule has 0 N–H and O–H groups in total. The lowest BCUT2D eigenvalue weighted by atomic mass is 10.1. The smallest absolute Gasteiger partial charge is 0.263 e. The van der Waals surface area contributed by atoms with E-state index in [2.05, 4.69) is 32.5 Å². The second-order valence-corrected chi connectivity index (χ2v) is 10.5. The minimum absolute atomic E-state index is 0.153. The van der Waals surface area contributed by atoms with E-state index in [4.69, 9.17) is 4.74 Å². The Balaban J connectivity index is 1.23. The molecule has 9 nitrogen and oxygen atoms in total. The maximum Gasteiger partial charge on any atom is 0.263 e. The predicted octanol–water partition coefficient (Wildman–Crippen LogP) is 5.22. The maximum atomic E-state index is 13.7. The summed E-state index contributed by atoms with van der Waals surface area (Å²) in [5, 5.41) is 15.1. The van der Waals surface area contributed by atoms with E-state index in [1.165, 1.54) is 4.80 Å². The van der Waals surface area contributed by atoms with Crippen molar-refractivity contribution in [2.75, 3.05) is 14.1 Å². The first kappa shape index (κ1) is 26.3. The van der Waals surface area contributed by atoms with Crippen molar-refractivity contribution in [2.24, 2.45) is 0 Å². The van der Waals surface area contributed by atoms with E-state index in [9.17, 15) is 4.79 Å². The number of aromatic nitrogens is 6. The van der Waals surface area contributed by atoms with Crippen LogP contribution in [0.5, 0.6) is 5.75 Å². The molecule has 0 aliphatic carbocycles. The van der Waals surface area contributed by atoms with E-state index in [-0.39, 0.29) is 11.7 Å². The topological polar surface area (TPSA) is 91.0 Å².